The molecule has 0 saturated heterocycles. The molecule has 0 saturated carbocycles. The van der Waals surface area contributed by atoms with E-state index in [1.165, 1.54) is 16.9 Å². The third kappa shape index (κ3) is 2.96. The molecule has 0 radical (unpaired) electrons. The SMILES string of the molecule is CC(C)(C)C(CCCl)Nc1snc2ccccc12. The van der Waals surface area contributed by atoms with Crippen molar-refractivity contribution in [2.45, 2.75) is 33.2 Å². The van der Waals surface area contributed by atoms with Gasteiger partial charge in [0.15, 0.2) is 0 Å². The van der Waals surface area contributed by atoms with E-state index in [0.717, 1.165) is 16.9 Å². The maximum atomic E-state index is 5.91. The number of anilines is 1. The second kappa shape index (κ2) is 5.45. The van der Waals surface area contributed by atoms with E-state index in [1.54, 1.807) is 0 Å². The third-order valence-corrected chi connectivity index (χ3v) is 4.16. The van der Waals surface area contributed by atoms with Gasteiger partial charge in [-0.25, -0.2) is 0 Å². The lowest BCUT2D eigenvalue weighted by atomic mass is 9.85. The van der Waals surface area contributed by atoms with Gasteiger partial charge in [0, 0.05) is 17.3 Å². The number of fused-ring (bicyclic) bond motifs is 1. The second-order valence-electron chi connectivity index (χ2n) is 5.57. The average molecular weight is 283 g/mol. The predicted octanol–water partition coefficient (Wildman–Crippen LogP) is 4.75. The molecule has 0 fully saturated rings. The van der Waals surface area contributed by atoms with Gasteiger partial charge in [0.1, 0.15) is 5.00 Å². The van der Waals surface area contributed by atoms with Crippen molar-refractivity contribution in [3.63, 3.8) is 0 Å². The van der Waals surface area contributed by atoms with Crippen LogP contribution in [0.15, 0.2) is 24.3 Å². The monoisotopic (exact) mass is 282 g/mol. The first-order valence-electron chi connectivity index (χ1n) is 6.19. The molecule has 1 atom stereocenters. The fourth-order valence-electron chi connectivity index (χ4n) is 1.98. The Kier molecular flexibility index (Phi) is 4.13. The Morgan fingerprint density at radius 1 is 1.33 bits per heavy atom. The standard InChI is InChI=1S/C14H19ClN2S/c1-14(2,3)12(8-9-15)16-13-10-6-4-5-7-11(10)17-18-13/h4-7,12,16H,8-9H2,1-3H3. The van der Waals surface area contributed by atoms with E-state index in [4.69, 9.17) is 11.6 Å². The van der Waals surface area contributed by atoms with E-state index in [2.05, 4.69) is 42.6 Å². The van der Waals surface area contributed by atoms with Gasteiger partial charge in [-0.3, -0.25) is 0 Å². The highest BCUT2D eigenvalue weighted by Crippen LogP contribution is 2.32. The zero-order chi connectivity index (χ0) is 13.2. The number of aromatic nitrogens is 1. The van der Waals surface area contributed by atoms with Crippen molar-refractivity contribution < 1.29 is 0 Å². The molecule has 18 heavy (non-hydrogen) atoms. The van der Waals surface area contributed by atoms with Crippen LogP contribution in [0.1, 0.15) is 27.2 Å². The number of hydrogen-bond donors (Lipinski definition) is 1. The first-order chi connectivity index (χ1) is 8.52. The number of halogens is 1. The number of nitrogens with zero attached hydrogens (tertiary/aromatic N) is 1. The van der Waals surface area contributed by atoms with Gasteiger partial charge in [-0.2, -0.15) is 4.37 Å². The van der Waals surface area contributed by atoms with E-state index in [-0.39, 0.29) is 5.41 Å². The summed E-state index contributed by atoms with van der Waals surface area (Å²) in [7, 11) is 0. The van der Waals surface area contributed by atoms with Gasteiger partial charge >= 0.3 is 0 Å². The van der Waals surface area contributed by atoms with Crippen LogP contribution in [-0.2, 0) is 0 Å². The Morgan fingerprint density at radius 2 is 2.06 bits per heavy atom. The van der Waals surface area contributed by atoms with Crippen LogP contribution in [0, 0.1) is 5.41 Å². The summed E-state index contributed by atoms with van der Waals surface area (Å²) in [5.74, 6) is 0.672. The molecule has 1 N–H and O–H groups in total. The molecule has 0 amide bonds. The van der Waals surface area contributed by atoms with Crippen LogP contribution >= 0.6 is 23.1 Å². The van der Waals surface area contributed by atoms with Crippen molar-refractivity contribution in [3.05, 3.63) is 24.3 Å². The van der Waals surface area contributed by atoms with E-state index in [9.17, 15) is 0 Å². The van der Waals surface area contributed by atoms with E-state index < -0.39 is 0 Å². The number of benzene rings is 1. The van der Waals surface area contributed by atoms with Gasteiger partial charge in [0.25, 0.3) is 0 Å². The Labute approximate surface area is 118 Å². The molecule has 1 unspecified atom stereocenters. The van der Waals surface area contributed by atoms with Gasteiger partial charge in [-0.15, -0.1) is 11.6 Å². The smallest absolute Gasteiger partial charge is 0.117 e. The fourth-order valence-corrected chi connectivity index (χ4v) is 3.02. The van der Waals surface area contributed by atoms with Gasteiger partial charge in [-0.1, -0.05) is 32.9 Å². The topological polar surface area (TPSA) is 24.9 Å². The molecule has 0 aliphatic rings. The van der Waals surface area contributed by atoms with Crippen molar-refractivity contribution >= 4 is 39.0 Å². The van der Waals surface area contributed by atoms with Gasteiger partial charge in [0.2, 0.25) is 0 Å². The molecule has 4 heteroatoms. The predicted molar refractivity (Wildman–Crippen MR) is 81.8 cm³/mol. The van der Waals surface area contributed by atoms with Crippen molar-refractivity contribution in [1.82, 2.24) is 4.37 Å². The Balaban J connectivity index is 2.26. The van der Waals surface area contributed by atoms with Crippen LogP contribution in [0.4, 0.5) is 5.00 Å². The molecule has 1 heterocycles. The normalized spacial score (nSPS) is 13.8. The minimum Gasteiger partial charge on any atom is -0.372 e. The highest BCUT2D eigenvalue weighted by Gasteiger charge is 2.25. The van der Waals surface area contributed by atoms with Crippen LogP contribution in [0.5, 0.6) is 0 Å². The van der Waals surface area contributed by atoms with E-state index >= 15 is 0 Å². The molecule has 2 rings (SSSR count). The average Bonchev–Trinajstić information content (AvgIpc) is 2.71. The Hall–Kier alpha value is -0.800. The van der Waals surface area contributed by atoms with Gasteiger partial charge in [-0.05, 0) is 35.5 Å². The number of rotatable bonds is 4. The first kappa shape index (κ1) is 13.6. The zero-order valence-corrected chi connectivity index (χ0v) is 12.6. The van der Waals surface area contributed by atoms with Crippen molar-refractivity contribution in [1.29, 1.82) is 0 Å². The zero-order valence-electron chi connectivity index (χ0n) is 11.0. The van der Waals surface area contributed by atoms with Gasteiger partial charge < -0.3 is 5.32 Å². The minimum atomic E-state index is 0.181. The first-order valence-corrected chi connectivity index (χ1v) is 7.50. The number of alkyl halides is 1. The summed E-state index contributed by atoms with van der Waals surface area (Å²) < 4.78 is 4.46. The molecule has 2 aromatic rings. The van der Waals surface area contributed by atoms with E-state index in [1.807, 2.05) is 12.1 Å². The molecule has 0 spiro atoms. The molecule has 98 valence electrons. The van der Waals surface area contributed by atoms with Gasteiger partial charge in [0.05, 0.1) is 5.52 Å². The molecule has 1 aromatic carbocycles. The molecular formula is C14H19ClN2S. The number of hydrogen-bond acceptors (Lipinski definition) is 3. The maximum Gasteiger partial charge on any atom is 0.117 e. The largest absolute Gasteiger partial charge is 0.372 e. The van der Waals surface area contributed by atoms with Crippen LogP contribution in [0.25, 0.3) is 10.9 Å². The fraction of sp³-hybridized carbons (Fsp3) is 0.500. The molecular weight excluding hydrogens is 264 g/mol. The summed E-state index contributed by atoms with van der Waals surface area (Å²) in [6.45, 7) is 6.71. The van der Waals surface area contributed by atoms with Crippen LogP contribution in [0.3, 0.4) is 0 Å². The molecule has 1 aromatic heterocycles. The van der Waals surface area contributed by atoms with Crippen LogP contribution in [-0.4, -0.2) is 16.3 Å². The Morgan fingerprint density at radius 3 is 2.72 bits per heavy atom. The minimum absolute atomic E-state index is 0.181. The summed E-state index contributed by atoms with van der Waals surface area (Å²) >= 11 is 7.44. The molecule has 0 bridgehead atoms. The summed E-state index contributed by atoms with van der Waals surface area (Å²) in [6.07, 6.45) is 0.956. The number of nitrogens with one attached hydrogen (secondary N) is 1. The maximum absolute atomic E-state index is 5.91. The molecule has 0 aliphatic carbocycles. The van der Waals surface area contributed by atoms with Crippen LogP contribution in [0.2, 0.25) is 0 Å². The summed E-state index contributed by atoms with van der Waals surface area (Å²) in [5.41, 5.74) is 1.24. The quantitative estimate of drug-likeness (QED) is 0.819. The lowest BCUT2D eigenvalue weighted by Crippen LogP contribution is -2.34. The van der Waals surface area contributed by atoms with Crippen LogP contribution < -0.4 is 5.32 Å². The van der Waals surface area contributed by atoms with Crippen molar-refractivity contribution in [2.24, 2.45) is 5.41 Å². The van der Waals surface area contributed by atoms with E-state index in [0.29, 0.717) is 11.9 Å². The molecule has 2 nitrogen and oxygen atoms in total. The second-order valence-corrected chi connectivity index (χ2v) is 6.72. The third-order valence-electron chi connectivity index (χ3n) is 3.13. The summed E-state index contributed by atoms with van der Waals surface area (Å²) in [4.78, 5) is 0. The highest BCUT2D eigenvalue weighted by atomic mass is 35.5. The van der Waals surface area contributed by atoms with Crippen molar-refractivity contribution in [3.8, 4) is 0 Å². The lowest BCUT2D eigenvalue weighted by molar-refractivity contribution is 0.335. The molecule has 0 aliphatic heterocycles. The highest BCUT2D eigenvalue weighted by molar-refractivity contribution is 7.11. The lowest BCUT2D eigenvalue weighted by Gasteiger charge is -2.31. The summed E-state index contributed by atoms with van der Waals surface area (Å²) in [5, 5.41) is 5.96. The van der Waals surface area contributed by atoms with Crippen molar-refractivity contribution in [2.75, 3.05) is 11.2 Å². The Bertz CT molecular complexity index is 516. The summed E-state index contributed by atoms with van der Waals surface area (Å²) in [6, 6.07) is 8.59.